The highest BCUT2D eigenvalue weighted by Gasteiger charge is 2.24. The van der Waals surface area contributed by atoms with Crippen LogP contribution in [0.25, 0.3) is 0 Å². The third-order valence-electron chi connectivity index (χ3n) is 6.35. The number of anilines is 1. The number of methoxy groups -OCH3 is 1. The summed E-state index contributed by atoms with van der Waals surface area (Å²) in [5.41, 5.74) is 3.17. The molecule has 2 aliphatic rings. The van der Waals surface area contributed by atoms with E-state index in [0.717, 1.165) is 39.0 Å². The van der Waals surface area contributed by atoms with Crippen LogP contribution < -0.4 is 4.90 Å². The number of ether oxygens (including phenoxy) is 1. The van der Waals surface area contributed by atoms with Gasteiger partial charge in [-0.2, -0.15) is 0 Å². The van der Waals surface area contributed by atoms with E-state index in [-0.39, 0.29) is 5.97 Å². The van der Waals surface area contributed by atoms with Crippen LogP contribution in [0.4, 0.5) is 5.69 Å². The molecule has 3 atom stereocenters. The van der Waals surface area contributed by atoms with Crippen molar-refractivity contribution >= 4 is 11.7 Å². The van der Waals surface area contributed by atoms with E-state index in [0.29, 0.717) is 23.3 Å². The Morgan fingerprint density at radius 1 is 1.17 bits per heavy atom. The lowest BCUT2D eigenvalue weighted by atomic mass is 9.93. The van der Waals surface area contributed by atoms with E-state index in [1.165, 1.54) is 24.8 Å². The molecule has 0 aromatic heterocycles. The first-order valence-electron chi connectivity index (χ1n) is 11.0. The molecule has 0 N–H and O–H groups in total. The number of esters is 1. The molecule has 4 heteroatoms. The normalized spacial score (nSPS) is 23.7. The predicted octanol–water partition coefficient (Wildman–Crippen LogP) is 4.56. The summed E-state index contributed by atoms with van der Waals surface area (Å²) in [6.07, 6.45) is 12.5. The van der Waals surface area contributed by atoms with E-state index in [4.69, 9.17) is 4.74 Å². The second-order valence-electron chi connectivity index (χ2n) is 8.79. The Labute approximate surface area is 176 Å². The maximum atomic E-state index is 12.2. The molecule has 1 aromatic rings. The van der Waals surface area contributed by atoms with Crippen LogP contribution in [0.2, 0.25) is 0 Å². The number of hydrogen-bond acceptors (Lipinski definition) is 4. The minimum Gasteiger partial charge on any atom is -0.465 e. The number of benzene rings is 1. The zero-order valence-electron chi connectivity index (χ0n) is 18.4. The third-order valence-corrected chi connectivity index (χ3v) is 6.35. The zero-order chi connectivity index (χ0) is 20.8. The van der Waals surface area contributed by atoms with Gasteiger partial charge in [-0.1, -0.05) is 50.6 Å². The van der Waals surface area contributed by atoms with Gasteiger partial charge in [0.05, 0.1) is 12.7 Å². The fourth-order valence-corrected chi connectivity index (χ4v) is 4.43. The van der Waals surface area contributed by atoms with Crippen molar-refractivity contribution in [3.8, 4) is 0 Å². The smallest absolute Gasteiger partial charge is 0.337 e. The van der Waals surface area contributed by atoms with Gasteiger partial charge in [-0.15, -0.1) is 0 Å². The summed E-state index contributed by atoms with van der Waals surface area (Å²) in [6.45, 7) is 8.62. The molecule has 0 spiro atoms. The lowest BCUT2D eigenvalue weighted by Gasteiger charge is -2.31. The molecule has 1 aliphatic carbocycles. The molecule has 1 fully saturated rings. The summed E-state index contributed by atoms with van der Waals surface area (Å²) in [5.74, 6) is 1.46. The van der Waals surface area contributed by atoms with Crippen LogP contribution >= 0.6 is 0 Å². The van der Waals surface area contributed by atoms with E-state index < -0.39 is 0 Å². The van der Waals surface area contributed by atoms with Crippen LogP contribution in [0.5, 0.6) is 0 Å². The summed E-state index contributed by atoms with van der Waals surface area (Å²) in [5, 5.41) is 0. The second-order valence-corrected chi connectivity index (χ2v) is 8.79. The van der Waals surface area contributed by atoms with Gasteiger partial charge >= 0.3 is 5.97 Å². The summed E-state index contributed by atoms with van der Waals surface area (Å²) < 4.78 is 5.00. The van der Waals surface area contributed by atoms with E-state index in [9.17, 15) is 4.79 Å². The summed E-state index contributed by atoms with van der Waals surface area (Å²) in [4.78, 5) is 17.2. The van der Waals surface area contributed by atoms with Gasteiger partial charge in [0.2, 0.25) is 0 Å². The highest BCUT2D eigenvalue weighted by atomic mass is 16.5. The SMILES string of the molecule is CCC(C)Cc1ccc(C(=O)OC)cc1N1CCN(C)CC2C=CC=CC(C2)C1. The molecular weight excluding hydrogens is 360 g/mol. The molecule has 1 aromatic carbocycles. The number of likely N-dealkylation sites (N-methyl/N-ethyl adjacent to an activating group) is 1. The number of carbonyl (C=O) groups excluding carboxylic acids is 1. The molecule has 3 unspecified atom stereocenters. The van der Waals surface area contributed by atoms with Gasteiger partial charge in [-0.05, 0) is 55.3 Å². The van der Waals surface area contributed by atoms with Crippen LogP contribution in [0.1, 0.15) is 42.6 Å². The van der Waals surface area contributed by atoms with Crippen molar-refractivity contribution in [3.05, 3.63) is 53.6 Å². The monoisotopic (exact) mass is 396 g/mol. The molecule has 1 heterocycles. The molecule has 3 rings (SSSR count). The van der Waals surface area contributed by atoms with Crippen molar-refractivity contribution in [2.75, 3.05) is 45.2 Å². The standard InChI is InChI=1S/C25H36N2O2/c1-5-19(2)14-22-10-11-23(25(28)29-4)16-24(22)27-13-12-26(3)17-20-8-6-7-9-21(15-20)18-27/h6-11,16,19-21H,5,12-15,17-18H2,1-4H3. The maximum Gasteiger partial charge on any atom is 0.337 e. The Bertz CT molecular complexity index is 755. The summed E-state index contributed by atoms with van der Waals surface area (Å²) in [7, 11) is 3.67. The molecule has 0 saturated carbocycles. The van der Waals surface area contributed by atoms with Gasteiger partial charge in [-0.3, -0.25) is 0 Å². The molecule has 1 saturated heterocycles. The van der Waals surface area contributed by atoms with Crippen LogP contribution in [0, 0.1) is 17.8 Å². The summed E-state index contributed by atoms with van der Waals surface area (Å²) >= 11 is 0. The van der Waals surface area contributed by atoms with Crippen LogP contribution in [0.15, 0.2) is 42.5 Å². The molecule has 1 aliphatic heterocycles. The number of rotatable bonds is 5. The topological polar surface area (TPSA) is 32.8 Å². The number of hydrogen-bond donors (Lipinski definition) is 0. The first-order valence-corrected chi connectivity index (χ1v) is 11.0. The van der Waals surface area contributed by atoms with Crippen molar-refractivity contribution in [1.82, 2.24) is 4.90 Å². The van der Waals surface area contributed by atoms with Crippen molar-refractivity contribution in [1.29, 1.82) is 0 Å². The van der Waals surface area contributed by atoms with E-state index >= 15 is 0 Å². The molecule has 29 heavy (non-hydrogen) atoms. The maximum absolute atomic E-state index is 12.2. The Morgan fingerprint density at radius 3 is 2.59 bits per heavy atom. The lowest BCUT2D eigenvalue weighted by molar-refractivity contribution is 0.0600. The van der Waals surface area contributed by atoms with Crippen molar-refractivity contribution in [2.24, 2.45) is 17.8 Å². The first-order chi connectivity index (χ1) is 14.0. The molecule has 158 valence electrons. The van der Waals surface area contributed by atoms with Gasteiger partial charge in [0.25, 0.3) is 0 Å². The fourth-order valence-electron chi connectivity index (χ4n) is 4.43. The average Bonchev–Trinajstić information content (AvgIpc) is 2.90. The second kappa shape index (κ2) is 10.1. The number of allylic oxidation sites excluding steroid dienone is 2. The van der Waals surface area contributed by atoms with Crippen LogP contribution in [-0.4, -0.2) is 51.2 Å². The van der Waals surface area contributed by atoms with E-state index in [1.54, 1.807) is 0 Å². The van der Waals surface area contributed by atoms with Crippen molar-refractivity contribution in [2.45, 2.75) is 33.1 Å². The largest absolute Gasteiger partial charge is 0.465 e. The molecule has 0 radical (unpaired) electrons. The minimum absolute atomic E-state index is 0.263. The summed E-state index contributed by atoms with van der Waals surface area (Å²) in [6, 6.07) is 6.11. The number of nitrogens with zero attached hydrogens (tertiary/aromatic N) is 2. The van der Waals surface area contributed by atoms with E-state index in [1.807, 2.05) is 6.07 Å². The highest BCUT2D eigenvalue weighted by molar-refractivity contribution is 5.90. The van der Waals surface area contributed by atoms with Gasteiger partial charge in [0.1, 0.15) is 0 Å². The van der Waals surface area contributed by atoms with Crippen molar-refractivity contribution in [3.63, 3.8) is 0 Å². The predicted molar refractivity (Wildman–Crippen MR) is 121 cm³/mol. The lowest BCUT2D eigenvalue weighted by Crippen LogP contribution is -2.35. The number of fused-ring (bicyclic) bond motifs is 2. The molecule has 4 nitrogen and oxygen atoms in total. The molecule has 0 amide bonds. The van der Waals surface area contributed by atoms with Crippen LogP contribution in [0.3, 0.4) is 0 Å². The van der Waals surface area contributed by atoms with Crippen LogP contribution in [-0.2, 0) is 11.2 Å². The first kappa shape index (κ1) is 21.6. The fraction of sp³-hybridized carbons (Fsp3) is 0.560. The quantitative estimate of drug-likeness (QED) is 0.683. The average molecular weight is 397 g/mol. The Kier molecular flexibility index (Phi) is 7.54. The highest BCUT2D eigenvalue weighted by Crippen LogP contribution is 2.30. The number of carbonyl (C=O) groups is 1. The Morgan fingerprint density at radius 2 is 1.90 bits per heavy atom. The van der Waals surface area contributed by atoms with Crippen molar-refractivity contribution < 1.29 is 9.53 Å². The zero-order valence-corrected chi connectivity index (χ0v) is 18.4. The molecule has 2 bridgehead atoms. The van der Waals surface area contributed by atoms with Gasteiger partial charge in [-0.25, -0.2) is 4.79 Å². The van der Waals surface area contributed by atoms with Gasteiger partial charge in [0, 0.05) is 31.9 Å². The minimum atomic E-state index is -0.263. The third kappa shape index (κ3) is 5.72. The Hall–Kier alpha value is -2.07. The molecular formula is C25H36N2O2. The van der Waals surface area contributed by atoms with E-state index in [2.05, 4.69) is 67.1 Å². The Balaban J connectivity index is 1.96. The van der Waals surface area contributed by atoms with Gasteiger partial charge in [0.15, 0.2) is 0 Å². The van der Waals surface area contributed by atoms with Gasteiger partial charge < -0.3 is 14.5 Å².